The summed E-state index contributed by atoms with van der Waals surface area (Å²) in [6.07, 6.45) is 2.12. The fourth-order valence-corrected chi connectivity index (χ4v) is 2.85. The number of β-amino-alcohol motifs (C(OH)–C–C–N with tert-alkyl or cyclic N) is 1. The average Bonchev–Trinajstić information content (AvgIpc) is 3.14. The maximum absolute atomic E-state index is 9.50. The third-order valence-corrected chi connectivity index (χ3v) is 4.12. The summed E-state index contributed by atoms with van der Waals surface area (Å²) in [5.74, 6) is 2.15. The molecule has 112 valence electrons. The highest BCUT2D eigenvalue weighted by Gasteiger charge is 2.30. The second-order valence-corrected chi connectivity index (χ2v) is 6.25. The first-order valence-corrected chi connectivity index (χ1v) is 7.58. The zero-order valence-electron chi connectivity index (χ0n) is 12.3. The topological polar surface area (TPSA) is 65.6 Å². The van der Waals surface area contributed by atoms with E-state index in [2.05, 4.69) is 26.9 Å². The molecule has 0 aromatic carbocycles. The van der Waals surface area contributed by atoms with Gasteiger partial charge in [0.2, 0.25) is 5.89 Å². The Morgan fingerprint density at radius 3 is 2.85 bits per heavy atom. The van der Waals surface area contributed by atoms with Crippen LogP contribution in [0.5, 0.6) is 0 Å². The highest BCUT2D eigenvalue weighted by molar-refractivity contribution is 5.01. The zero-order chi connectivity index (χ0) is 14.1. The lowest BCUT2D eigenvalue weighted by molar-refractivity contribution is 0.0411. The third kappa shape index (κ3) is 3.37. The molecule has 0 radical (unpaired) electrons. The first-order valence-electron chi connectivity index (χ1n) is 7.58. The van der Waals surface area contributed by atoms with Crippen LogP contribution in [0.4, 0.5) is 0 Å². The van der Waals surface area contributed by atoms with Crippen molar-refractivity contribution in [2.75, 3.05) is 26.2 Å². The number of piperazine rings is 1. The first kappa shape index (κ1) is 14.0. The summed E-state index contributed by atoms with van der Waals surface area (Å²) in [5.41, 5.74) is 0. The van der Waals surface area contributed by atoms with E-state index in [1.165, 1.54) is 12.8 Å². The van der Waals surface area contributed by atoms with Crippen molar-refractivity contribution in [3.05, 3.63) is 11.7 Å². The van der Waals surface area contributed by atoms with Gasteiger partial charge >= 0.3 is 0 Å². The molecular formula is C14H24N4O2. The van der Waals surface area contributed by atoms with Gasteiger partial charge in [0.15, 0.2) is 5.82 Å². The van der Waals surface area contributed by atoms with Crippen molar-refractivity contribution >= 4 is 0 Å². The van der Waals surface area contributed by atoms with E-state index in [4.69, 9.17) is 4.52 Å². The standard InChI is InChI=1S/C14H24N4O2/c1-10-7-17(5-6-18(10)8-11(2)19)9-13-15-14(20-16-13)12-3-4-12/h10-12,19H,3-9H2,1-2H3/t10-,11+/m1/s1. The van der Waals surface area contributed by atoms with Gasteiger partial charge in [-0.1, -0.05) is 5.16 Å². The van der Waals surface area contributed by atoms with Gasteiger partial charge in [0.1, 0.15) is 0 Å². The lowest BCUT2D eigenvalue weighted by Crippen LogP contribution is -2.53. The largest absolute Gasteiger partial charge is 0.392 e. The first-order chi connectivity index (χ1) is 9.61. The Labute approximate surface area is 119 Å². The molecule has 6 nitrogen and oxygen atoms in total. The summed E-state index contributed by atoms with van der Waals surface area (Å²) in [4.78, 5) is 9.19. The van der Waals surface area contributed by atoms with E-state index in [9.17, 15) is 5.11 Å². The average molecular weight is 280 g/mol. The van der Waals surface area contributed by atoms with Crippen molar-refractivity contribution in [1.29, 1.82) is 0 Å². The molecule has 0 bridgehead atoms. The molecule has 2 heterocycles. The van der Waals surface area contributed by atoms with Gasteiger partial charge in [0.05, 0.1) is 12.6 Å². The summed E-state index contributed by atoms with van der Waals surface area (Å²) < 4.78 is 5.30. The maximum Gasteiger partial charge on any atom is 0.229 e. The number of aromatic nitrogens is 2. The van der Waals surface area contributed by atoms with Crippen LogP contribution in [-0.2, 0) is 6.54 Å². The Morgan fingerprint density at radius 1 is 1.40 bits per heavy atom. The number of nitrogens with zero attached hydrogens (tertiary/aromatic N) is 4. The van der Waals surface area contributed by atoms with E-state index in [0.29, 0.717) is 12.0 Å². The van der Waals surface area contributed by atoms with Crippen LogP contribution in [-0.4, -0.2) is 63.4 Å². The molecule has 1 saturated carbocycles. The molecule has 2 atom stereocenters. The molecule has 2 aliphatic rings. The van der Waals surface area contributed by atoms with Crippen molar-refractivity contribution < 1.29 is 9.63 Å². The highest BCUT2D eigenvalue weighted by atomic mass is 16.5. The normalized spacial score (nSPS) is 26.9. The fraction of sp³-hybridized carbons (Fsp3) is 0.857. The predicted molar refractivity (Wildman–Crippen MR) is 74.3 cm³/mol. The second kappa shape index (κ2) is 5.79. The summed E-state index contributed by atoms with van der Waals surface area (Å²) in [6.45, 7) is 8.54. The molecule has 1 saturated heterocycles. The minimum Gasteiger partial charge on any atom is -0.392 e. The summed E-state index contributed by atoms with van der Waals surface area (Å²) >= 11 is 0. The Kier molecular flexibility index (Phi) is 4.05. The van der Waals surface area contributed by atoms with Crippen LogP contribution in [0.3, 0.4) is 0 Å². The Balaban J connectivity index is 1.51. The molecule has 1 N–H and O–H groups in total. The van der Waals surface area contributed by atoms with E-state index < -0.39 is 0 Å². The van der Waals surface area contributed by atoms with Gasteiger partial charge in [-0.25, -0.2) is 0 Å². The minimum absolute atomic E-state index is 0.262. The second-order valence-electron chi connectivity index (χ2n) is 6.25. The van der Waals surface area contributed by atoms with Crippen molar-refractivity contribution in [2.45, 2.75) is 51.3 Å². The van der Waals surface area contributed by atoms with Crippen LogP contribution >= 0.6 is 0 Å². The fourth-order valence-electron chi connectivity index (χ4n) is 2.85. The van der Waals surface area contributed by atoms with E-state index in [-0.39, 0.29) is 6.10 Å². The lowest BCUT2D eigenvalue weighted by atomic mass is 10.1. The quantitative estimate of drug-likeness (QED) is 0.862. The monoisotopic (exact) mass is 280 g/mol. The molecule has 0 amide bonds. The number of aliphatic hydroxyl groups excluding tert-OH is 1. The van der Waals surface area contributed by atoms with Crippen molar-refractivity contribution in [2.24, 2.45) is 0 Å². The summed E-state index contributed by atoms with van der Waals surface area (Å²) in [6, 6.07) is 0.452. The number of hydrogen-bond donors (Lipinski definition) is 1. The van der Waals surface area contributed by atoms with Gasteiger partial charge in [-0.3, -0.25) is 9.80 Å². The van der Waals surface area contributed by atoms with Crippen molar-refractivity contribution in [1.82, 2.24) is 19.9 Å². The van der Waals surface area contributed by atoms with Gasteiger partial charge in [0.25, 0.3) is 0 Å². The van der Waals surface area contributed by atoms with Crippen LogP contribution in [0.15, 0.2) is 4.52 Å². The maximum atomic E-state index is 9.50. The van der Waals surface area contributed by atoms with Gasteiger partial charge in [-0.15, -0.1) is 0 Å². The van der Waals surface area contributed by atoms with Crippen LogP contribution in [0.25, 0.3) is 0 Å². The van der Waals surface area contributed by atoms with Crippen molar-refractivity contribution in [3.63, 3.8) is 0 Å². The molecule has 1 aliphatic heterocycles. The van der Waals surface area contributed by atoms with Gasteiger partial charge in [-0.05, 0) is 26.7 Å². The van der Waals surface area contributed by atoms with Crippen LogP contribution < -0.4 is 0 Å². The minimum atomic E-state index is -0.262. The number of hydrogen-bond acceptors (Lipinski definition) is 6. The molecule has 2 fully saturated rings. The Morgan fingerprint density at radius 2 is 2.20 bits per heavy atom. The molecule has 1 aromatic rings. The van der Waals surface area contributed by atoms with E-state index in [1.807, 2.05) is 6.92 Å². The molecule has 20 heavy (non-hydrogen) atoms. The summed E-state index contributed by atoms with van der Waals surface area (Å²) in [7, 11) is 0. The highest BCUT2D eigenvalue weighted by Crippen LogP contribution is 2.38. The Bertz CT molecular complexity index is 444. The number of rotatable bonds is 5. The molecule has 3 rings (SSSR count). The molecule has 1 aliphatic carbocycles. The summed E-state index contributed by atoms with van der Waals surface area (Å²) in [5, 5.41) is 13.6. The SMILES string of the molecule is C[C@H](O)CN1CCN(Cc2noc(C3CC3)n2)C[C@H]1C. The van der Waals surface area contributed by atoms with Crippen LogP contribution in [0.1, 0.15) is 44.3 Å². The Hall–Kier alpha value is -0.980. The molecule has 1 aromatic heterocycles. The molecular weight excluding hydrogens is 256 g/mol. The zero-order valence-corrected chi connectivity index (χ0v) is 12.3. The molecule has 0 spiro atoms. The van der Waals surface area contributed by atoms with Gasteiger partial charge < -0.3 is 9.63 Å². The lowest BCUT2D eigenvalue weighted by Gasteiger charge is -2.39. The number of aliphatic hydroxyl groups is 1. The van der Waals surface area contributed by atoms with Crippen molar-refractivity contribution in [3.8, 4) is 0 Å². The van der Waals surface area contributed by atoms with Gasteiger partial charge in [-0.2, -0.15) is 4.98 Å². The van der Waals surface area contributed by atoms with Crippen LogP contribution in [0, 0.1) is 0 Å². The van der Waals surface area contributed by atoms with E-state index in [1.54, 1.807) is 0 Å². The smallest absolute Gasteiger partial charge is 0.229 e. The van der Waals surface area contributed by atoms with Crippen LogP contribution in [0.2, 0.25) is 0 Å². The predicted octanol–water partition coefficient (Wildman–Crippen LogP) is 0.834. The van der Waals surface area contributed by atoms with E-state index >= 15 is 0 Å². The molecule has 6 heteroatoms. The van der Waals surface area contributed by atoms with E-state index in [0.717, 1.165) is 44.4 Å². The van der Waals surface area contributed by atoms with Gasteiger partial charge in [0, 0.05) is 38.1 Å². The molecule has 0 unspecified atom stereocenters. The third-order valence-electron chi connectivity index (χ3n) is 4.12.